The Hall–Kier alpha value is -1.91. The maximum absolute atomic E-state index is 13.0. The number of fused-ring (bicyclic) bond motifs is 1. The predicted octanol–water partition coefficient (Wildman–Crippen LogP) is 3.27. The second-order valence-corrected chi connectivity index (χ2v) is 7.60. The third-order valence-electron chi connectivity index (χ3n) is 4.94. The van der Waals surface area contributed by atoms with E-state index in [1.165, 1.54) is 0 Å². The number of aryl methyl sites for hydroxylation is 2. The fraction of sp³-hybridized carbons (Fsp3) is 0.611. The fourth-order valence-corrected chi connectivity index (χ4v) is 4.10. The van der Waals surface area contributed by atoms with Gasteiger partial charge in [0.15, 0.2) is 5.65 Å². The van der Waals surface area contributed by atoms with E-state index >= 15 is 0 Å². The molecule has 5 heteroatoms. The van der Waals surface area contributed by atoms with Crippen LogP contribution in [0.15, 0.2) is 12.3 Å². The van der Waals surface area contributed by atoms with Gasteiger partial charge in [0.25, 0.3) is 5.91 Å². The summed E-state index contributed by atoms with van der Waals surface area (Å²) in [5.74, 6) is 0.543. The zero-order valence-corrected chi connectivity index (χ0v) is 14.9. The summed E-state index contributed by atoms with van der Waals surface area (Å²) < 4.78 is 1.86. The molecule has 23 heavy (non-hydrogen) atoms. The Bertz CT molecular complexity index is 760. The van der Waals surface area contributed by atoms with E-state index < -0.39 is 0 Å². The summed E-state index contributed by atoms with van der Waals surface area (Å²) >= 11 is 0. The molecule has 5 nitrogen and oxygen atoms in total. The number of nitrogens with zero attached hydrogens (tertiary/aromatic N) is 4. The average molecular weight is 314 g/mol. The van der Waals surface area contributed by atoms with Gasteiger partial charge in [-0.3, -0.25) is 4.79 Å². The molecule has 2 aromatic heterocycles. The predicted molar refractivity (Wildman–Crippen MR) is 91.4 cm³/mol. The summed E-state index contributed by atoms with van der Waals surface area (Å²) in [5, 5.41) is 5.26. The summed E-state index contributed by atoms with van der Waals surface area (Å²) in [5.41, 5.74) is 2.52. The van der Waals surface area contributed by atoms with E-state index in [1.54, 1.807) is 6.20 Å². The van der Waals surface area contributed by atoms with Crippen LogP contribution in [0.1, 0.15) is 50.7 Å². The molecule has 0 aromatic carbocycles. The minimum Gasteiger partial charge on any atom is -0.334 e. The standard InChI is InChI=1S/C18H26N4O/c1-7-22-16-13(9-19-22)8-14(12(4)20-16)17(23)21-10-18(5,6)15(21)11(2)3/h8-9,11,15H,7,10H2,1-6H3. The maximum Gasteiger partial charge on any atom is 0.256 e. The third kappa shape index (κ3) is 2.42. The van der Waals surface area contributed by atoms with E-state index in [4.69, 9.17) is 0 Å². The highest BCUT2D eigenvalue weighted by Gasteiger charge is 2.49. The van der Waals surface area contributed by atoms with Gasteiger partial charge < -0.3 is 4.90 Å². The van der Waals surface area contributed by atoms with Crippen molar-refractivity contribution in [3.63, 3.8) is 0 Å². The van der Waals surface area contributed by atoms with E-state index in [-0.39, 0.29) is 17.4 Å². The van der Waals surface area contributed by atoms with Crippen LogP contribution in [-0.4, -0.2) is 38.2 Å². The Balaban J connectivity index is 1.97. The molecule has 0 radical (unpaired) electrons. The molecule has 124 valence electrons. The van der Waals surface area contributed by atoms with Gasteiger partial charge >= 0.3 is 0 Å². The number of pyridine rings is 1. The van der Waals surface area contributed by atoms with Gasteiger partial charge in [-0.15, -0.1) is 0 Å². The van der Waals surface area contributed by atoms with Crippen LogP contribution < -0.4 is 0 Å². The van der Waals surface area contributed by atoms with Crippen LogP contribution in [0.2, 0.25) is 0 Å². The van der Waals surface area contributed by atoms with Crippen molar-refractivity contribution < 1.29 is 4.79 Å². The largest absolute Gasteiger partial charge is 0.334 e. The topological polar surface area (TPSA) is 51.0 Å². The van der Waals surface area contributed by atoms with Crippen molar-refractivity contribution in [2.24, 2.45) is 11.3 Å². The highest BCUT2D eigenvalue weighted by molar-refractivity contribution is 5.99. The van der Waals surface area contributed by atoms with E-state index in [9.17, 15) is 4.79 Å². The molecular weight excluding hydrogens is 288 g/mol. The first-order valence-electron chi connectivity index (χ1n) is 8.40. The van der Waals surface area contributed by atoms with Crippen molar-refractivity contribution in [2.75, 3.05) is 6.54 Å². The Labute approximate surface area is 137 Å². The van der Waals surface area contributed by atoms with Crippen molar-refractivity contribution in [2.45, 2.75) is 54.1 Å². The number of carbonyl (C=O) groups excluding carboxylic acids is 1. The van der Waals surface area contributed by atoms with E-state index in [1.807, 2.05) is 29.5 Å². The minimum absolute atomic E-state index is 0.0965. The molecular formula is C18H26N4O. The molecule has 0 bridgehead atoms. The molecule has 0 saturated carbocycles. The summed E-state index contributed by atoms with van der Waals surface area (Å²) in [4.78, 5) is 19.7. The fourth-order valence-electron chi connectivity index (χ4n) is 4.10. The lowest BCUT2D eigenvalue weighted by Gasteiger charge is -2.56. The molecule has 1 fully saturated rings. The molecule has 2 aromatic rings. The normalized spacial score (nSPS) is 20.1. The molecule has 0 spiro atoms. The van der Waals surface area contributed by atoms with Crippen molar-refractivity contribution in [1.82, 2.24) is 19.7 Å². The Kier molecular flexibility index (Phi) is 3.69. The van der Waals surface area contributed by atoms with Crippen LogP contribution in [0.5, 0.6) is 0 Å². The monoisotopic (exact) mass is 314 g/mol. The number of hydrogen-bond donors (Lipinski definition) is 0. The molecule has 1 unspecified atom stereocenters. The van der Waals surface area contributed by atoms with Crippen LogP contribution in [-0.2, 0) is 6.54 Å². The number of aromatic nitrogens is 3. The smallest absolute Gasteiger partial charge is 0.256 e. The van der Waals surface area contributed by atoms with Gasteiger partial charge in [-0.25, -0.2) is 9.67 Å². The molecule has 1 saturated heterocycles. The number of amides is 1. The Morgan fingerprint density at radius 3 is 2.70 bits per heavy atom. The van der Waals surface area contributed by atoms with Crippen molar-refractivity contribution >= 4 is 16.9 Å². The van der Waals surface area contributed by atoms with Gasteiger partial charge in [-0.05, 0) is 25.8 Å². The summed E-state index contributed by atoms with van der Waals surface area (Å²) in [6, 6.07) is 2.23. The van der Waals surface area contributed by atoms with Gasteiger partial charge in [-0.1, -0.05) is 27.7 Å². The lowest BCUT2D eigenvalue weighted by Crippen LogP contribution is -2.65. The highest BCUT2D eigenvalue weighted by Crippen LogP contribution is 2.42. The highest BCUT2D eigenvalue weighted by atomic mass is 16.2. The van der Waals surface area contributed by atoms with Crippen LogP contribution in [0.3, 0.4) is 0 Å². The molecule has 1 amide bonds. The Morgan fingerprint density at radius 1 is 1.43 bits per heavy atom. The molecule has 1 aliphatic rings. The SMILES string of the molecule is CCn1ncc2cc(C(=O)N3CC(C)(C)C3C(C)C)c(C)nc21. The van der Waals surface area contributed by atoms with Crippen molar-refractivity contribution in [3.8, 4) is 0 Å². The molecule has 3 rings (SSSR count). The zero-order chi connectivity index (χ0) is 16.9. The van der Waals surface area contributed by atoms with Crippen LogP contribution in [0, 0.1) is 18.3 Å². The third-order valence-corrected chi connectivity index (χ3v) is 4.94. The quantitative estimate of drug-likeness (QED) is 0.873. The molecule has 1 atom stereocenters. The second kappa shape index (κ2) is 5.32. The van der Waals surface area contributed by atoms with E-state index in [2.05, 4.69) is 37.8 Å². The van der Waals surface area contributed by atoms with E-state index in [0.717, 1.165) is 29.8 Å². The number of carbonyl (C=O) groups is 1. The van der Waals surface area contributed by atoms with Gasteiger partial charge in [-0.2, -0.15) is 5.10 Å². The summed E-state index contributed by atoms with van der Waals surface area (Å²) in [7, 11) is 0. The van der Waals surface area contributed by atoms with Gasteiger partial charge in [0.05, 0.1) is 17.5 Å². The first-order chi connectivity index (χ1) is 10.8. The first kappa shape index (κ1) is 16.0. The summed E-state index contributed by atoms with van der Waals surface area (Å²) in [6.45, 7) is 14.4. The molecule has 3 heterocycles. The van der Waals surface area contributed by atoms with Crippen molar-refractivity contribution in [1.29, 1.82) is 0 Å². The van der Waals surface area contributed by atoms with E-state index in [0.29, 0.717) is 11.5 Å². The van der Waals surface area contributed by atoms with Gasteiger partial charge in [0, 0.05) is 29.9 Å². The van der Waals surface area contributed by atoms with Crippen LogP contribution in [0.4, 0.5) is 0 Å². The molecule has 0 aliphatic carbocycles. The first-order valence-corrected chi connectivity index (χ1v) is 8.40. The number of likely N-dealkylation sites (tertiary alicyclic amines) is 1. The van der Waals surface area contributed by atoms with Crippen LogP contribution in [0.25, 0.3) is 11.0 Å². The second-order valence-electron chi connectivity index (χ2n) is 7.60. The molecule has 0 N–H and O–H groups in total. The zero-order valence-electron chi connectivity index (χ0n) is 14.9. The average Bonchev–Trinajstić information content (AvgIpc) is 2.84. The maximum atomic E-state index is 13.0. The lowest BCUT2D eigenvalue weighted by molar-refractivity contribution is -0.0519. The van der Waals surface area contributed by atoms with Crippen LogP contribution >= 0.6 is 0 Å². The Morgan fingerprint density at radius 2 is 2.13 bits per heavy atom. The minimum atomic E-state index is 0.0965. The molecule has 1 aliphatic heterocycles. The number of hydrogen-bond acceptors (Lipinski definition) is 3. The van der Waals surface area contributed by atoms with Crippen molar-refractivity contribution in [3.05, 3.63) is 23.5 Å². The number of rotatable bonds is 3. The van der Waals surface area contributed by atoms with Gasteiger partial charge in [0.1, 0.15) is 0 Å². The van der Waals surface area contributed by atoms with Gasteiger partial charge in [0.2, 0.25) is 0 Å². The summed E-state index contributed by atoms with van der Waals surface area (Å²) in [6.07, 6.45) is 1.79. The lowest BCUT2D eigenvalue weighted by atomic mass is 9.69.